The predicted molar refractivity (Wildman–Crippen MR) is 172 cm³/mol. The summed E-state index contributed by atoms with van der Waals surface area (Å²) in [6, 6.07) is 39.2. The molecule has 0 aliphatic rings. The molecule has 4 heterocycles. The van der Waals surface area contributed by atoms with Crippen molar-refractivity contribution in [1.29, 1.82) is 0 Å². The Balaban J connectivity index is 1.28. The minimum Gasteiger partial charge on any atom is -0.437 e. The van der Waals surface area contributed by atoms with Crippen molar-refractivity contribution in [3.63, 3.8) is 0 Å². The highest BCUT2D eigenvalue weighted by atomic mass is 19.1. The van der Waals surface area contributed by atoms with Gasteiger partial charge in [-0.15, -0.1) is 0 Å². The molecule has 0 spiro atoms. The van der Waals surface area contributed by atoms with E-state index in [9.17, 15) is 8.78 Å². The van der Waals surface area contributed by atoms with Crippen LogP contribution >= 0.6 is 0 Å². The van der Waals surface area contributed by atoms with E-state index in [1.807, 2.05) is 59.0 Å². The highest BCUT2D eigenvalue weighted by Gasteiger charge is 2.19. The number of halogens is 2. The van der Waals surface area contributed by atoms with Crippen LogP contribution in [0.4, 0.5) is 8.78 Å². The molecule has 0 saturated heterocycles. The van der Waals surface area contributed by atoms with Gasteiger partial charge in [0.25, 0.3) is 0 Å². The van der Waals surface area contributed by atoms with Crippen LogP contribution in [0.3, 0.4) is 0 Å². The molecule has 0 radical (unpaired) electrons. The van der Waals surface area contributed by atoms with Gasteiger partial charge in [-0.3, -0.25) is 4.40 Å². The molecule has 0 unspecified atom stereocenters. The normalized spacial score (nSPS) is 11.9. The van der Waals surface area contributed by atoms with Gasteiger partial charge < -0.3 is 4.42 Å². The largest absolute Gasteiger partial charge is 0.437 e. The molecule has 208 valence electrons. The summed E-state index contributed by atoms with van der Waals surface area (Å²) in [6.07, 6.45) is 2.11. The highest BCUT2D eigenvalue weighted by Crippen LogP contribution is 2.44. The number of para-hydroxylation sites is 1. The van der Waals surface area contributed by atoms with Crippen LogP contribution in [0.25, 0.3) is 82.8 Å². The van der Waals surface area contributed by atoms with E-state index in [2.05, 4.69) is 65.8 Å². The molecule has 6 heteroatoms. The number of furan rings is 1. The summed E-state index contributed by atoms with van der Waals surface area (Å²) in [7, 11) is 0. The second-order valence-corrected chi connectivity index (χ2v) is 10.9. The summed E-state index contributed by atoms with van der Waals surface area (Å²) in [4.78, 5) is 8.23. The highest BCUT2D eigenvalue weighted by molar-refractivity contribution is 6.21. The Morgan fingerprint density at radius 1 is 0.523 bits per heavy atom. The van der Waals surface area contributed by atoms with Crippen LogP contribution < -0.4 is 0 Å². The molecule has 5 aromatic carbocycles. The standard InChI is InChI=1S/C38H21F2N3O/c39-32-19-18-25(37(40)41-32)22-13-15-23(16-14-22)34-26-7-1-3-9-28(26)35(29-10-4-2-8-27(29)34)24-17-20-33-42-36-30-11-5-6-12-31(30)44-38(36)43(33)21-24/h1-21H. The molecule has 0 bridgehead atoms. The van der Waals surface area contributed by atoms with Gasteiger partial charge in [0, 0.05) is 17.1 Å². The zero-order chi connectivity index (χ0) is 29.4. The van der Waals surface area contributed by atoms with Crippen LogP contribution in [0, 0.1) is 11.9 Å². The van der Waals surface area contributed by atoms with Gasteiger partial charge in [0.2, 0.25) is 17.6 Å². The summed E-state index contributed by atoms with van der Waals surface area (Å²) < 4.78 is 36.1. The SMILES string of the molecule is Fc1ccc(-c2ccc(-c3c4ccccc4c(-c4ccc5nc6c7ccccc7oc6n5c4)c4ccccc34)cc2)c(F)n1. The van der Waals surface area contributed by atoms with Gasteiger partial charge in [-0.2, -0.15) is 13.8 Å². The van der Waals surface area contributed by atoms with E-state index in [1.165, 1.54) is 12.1 Å². The van der Waals surface area contributed by atoms with Crippen LogP contribution in [0.5, 0.6) is 0 Å². The third-order valence-corrected chi connectivity index (χ3v) is 8.44. The Bertz CT molecular complexity index is 2520. The Morgan fingerprint density at radius 3 is 1.75 bits per heavy atom. The maximum Gasteiger partial charge on any atom is 0.232 e. The number of hydrogen-bond donors (Lipinski definition) is 0. The molecule has 0 atom stereocenters. The first-order chi connectivity index (χ1) is 21.6. The third-order valence-electron chi connectivity index (χ3n) is 8.44. The van der Waals surface area contributed by atoms with Crippen molar-refractivity contribution in [2.75, 3.05) is 0 Å². The summed E-state index contributed by atoms with van der Waals surface area (Å²) in [5.41, 5.74) is 8.36. The summed E-state index contributed by atoms with van der Waals surface area (Å²) >= 11 is 0. The number of aromatic nitrogens is 3. The lowest BCUT2D eigenvalue weighted by Crippen LogP contribution is -1.93. The molecule has 0 aliphatic heterocycles. The van der Waals surface area contributed by atoms with Crippen LogP contribution in [-0.4, -0.2) is 14.4 Å². The van der Waals surface area contributed by atoms with E-state index in [1.54, 1.807) is 0 Å². The van der Waals surface area contributed by atoms with Gasteiger partial charge in [0.15, 0.2) is 0 Å². The number of pyridine rings is 2. The minimum atomic E-state index is -0.838. The number of hydrogen-bond acceptors (Lipinski definition) is 3. The van der Waals surface area contributed by atoms with Gasteiger partial charge in [-0.05, 0) is 85.8 Å². The smallest absolute Gasteiger partial charge is 0.232 e. The number of benzene rings is 5. The van der Waals surface area contributed by atoms with Crippen molar-refractivity contribution in [3.05, 3.63) is 139 Å². The van der Waals surface area contributed by atoms with E-state index in [4.69, 9.17) is 9.40 Å². The van der Waals surface area contributed by atoms with E-state index in [0.29, 0.717) is 5.56 Å². The molecule has 0 N–H and O–H groups in total. The van der Waals surface area contributed by atoms with Crippen molar-refractivity contribution in [2.45, 2.75) is 0 Å². The monoisotopic (exact) mass is 573 g/mol. The van der Waals surface area contributed by atoms with Crippen molar-refractivity contribution >= 4 is 49.4 Å². The minimum absolute atomic E-state index is 0.261. The van der Waals surface area contributed by atoms with Gasteiger partial charge >= 0.3 is 0 Å². The predicted octanol–water partition coefficient (Wildman–Crippen LogP) is 10.2. The fraction of sp³-hybridized carbons (Fsp3) is 0. The summed E-state index contributed by atoms with van der Waals surface area (Å²) in [5.74, 6) is -1.66. The van der Waals surface area contributed by atoms with Gasteiger partial charge in [0.1, 0.15) is 16.7 Å². The van der Waals surface area contributed by atoms with Crippen molar-refractivity contribution in [3.8, 4) is 33.4 Å². The number of fused-ring (bicyclic) bond motifs is 7. The maximum absolute atomic E-state index is 14.4. The zero-order valence-electron chi connectivity index (χ0n) is 23.1. The van der Waals surface area contributed by atoms with E-state index >= 15 is 0 Å². The maximum atomic E-state index is 14.4. The number of rotatable bonds is 3. The molecular formula is C38H21F2N3O. The van der Waals surface area contributed by atoms with Crippen molar-refractivity contribution in [1.82, 2.24) is 14.4 Å². The Kier molecular flexibility index (Phi) is 5.23. The van der Waals surface area contributed by atoms with E-state index < -0.39 is 11.9 Å². The average Bonchev–Trinajstić information content (AvgIpc) is 3.60. The van der Waals surface area contributed by atoms with Crippen LogP contribution in [-0.2, 0) is 0 Å². The summed E-state index contributed by atoms with van der Waals surface area (Å²) in [5, 5.41) is 5.42. The molecule has 4 nitrogen and oxygen atoms in total. The van der Waals surface area contributed by atoms with Crippen LogP contribution in [0.1, 0.15) is 0 Å². The molecule has 0 aliphatic carbocycles. The first kappa shape index (κ1) is 24.7. The van der Waals surface area contributed by atoms with E-state index in [-0.39, 0.29) is 5.56 Å². The second-order valence-electron chi connectivity index (χ2n) is 10.9. The van der Waals surface area contributed by atoms with Crippen LogP contribution in [0.15, 0.2) is 132 Å². The van der Waals surface area contributed by atoms with Gasteiger partial charge in [0.05, 0.1) is 0 Å². The Labute approximate surface area is 249 Å². The lowest BCUT2D eigenvalue weighted by Gasteiger charge is -2.18. The van der Waals surface area contributed by atoms with Gasteiger partial charge in [-0.1, -0.05) is 84.9 Å². The van der Waals surface area contributed by atoms with Crippen LogP contribution in [0.2, 0.25) is 0 Å². The first-order valence-electron chi connectivity index (χ1n) is 14.3. The van der Waals surface area contributed by atoms with Gasteiger partial charge in [-0.25, -0.2) is 4.98 Å². The molecule has 9 aromatic rings. The van der Waals surface area contributed by atoms with Crippen molar-refractivity contribution in [2.24, 2.45) is 0 Å². The quantitative estimate of drug-likeness (QED) is 0.156. The Morgan fingerprint density at radius 2 is 1.09 bits per heavy atom. The fourth-order valence-corrected chi connectivity index (χ4v) is 6.49. The number of imidazole rings is 1. The first-order valence-corrected chi connectivity index (χ1v) is 14.3. The Hall–Kier alpha value is -5.88. The fourth-order valence-electron chi connectivity index (χ4n) is 6.49. The molecular weight excluding hydrogens is 552 g/mol. The molecule has 44 heavy (non-hydrogen) atoms. The lowest BCUT2D eigenvalue weighted by molar-refractivity contribution is 0.515. The van der Waals surface area contributed by atoms with E-state index in [0.717, 1.165) is 71.6 Å². The third kappa shape index (κ3) is 3.61. The number of nitrogens with zero attached hydrogens (tertiary/aromatic N) is 3. The topological polar surface area (TPSA) is 43.3 Å². The molecule has 0 amide bonds. The zero-order valence-corrected chi connectivity index (χ0v) is 23.1. The molecule has 9 rings (SSSR count). The van der Waals surface area contributed by atoms with Crippen molar-refractivity contribution < 1.29 is 13.2 Å². The summed E-state index contributed by atoms with van der Waals surface area (Å²) in [6.45, 7) is 0. The average molecular weight is 574 g/mol. The molecule has 4 aromatic heterocycles. The molecule has 0 fully saturated rings. The molecule has 0 saturated carbocycles. The lowest BCUT2D eigenvalue weighted by atomic mass is 9.86. The second kappa shape index (κ2) is 9.31.